The van der Waals surface area contributed by atoms with Gasteiger partial charge in [0.15, 0.2) is 6.61 Å². The van der Waals surface area contributed by atoms with Crippen LogP contribution in [0.5, 0.6) is 0 Å². The van der Waals surface area contributed by atoms with Crippen molar-refractivity contribution in [2.45, 2.75) is 90.2 Å². The van der Waals surface area contributed by atoms with Crippen molar-refractivity contribution in [1.82, 2.24) is 0 Å². The van der Waals surface area contributed by atoms with Crippen LogP contribution in [0.3, 0.4) is 0 Å². The van der Waals surface area contributed by atoms with E-state index in [0.29, 0.717) is 25.7 Å². The number of aryl methyl sites for hydroxylation is 1. The SMILES string of the molecule is CC[C@@]1(C)C[C@@H](OC(=O)COS(=O)(=O)c2ccc(C)cc2)[C@@]2(C)C3C(=O)CC[C@@]3(CC[C@H]2C)[C@H](C=O)[C@@H]1O. The molecule has 0 saturated heterocycles. The van der Waals surface area contributed by atoms with E-state index >= 15 is 0 Å². The van der Waals surface area contributed by atoms with Crippen LogP contribution >= 0.6 is 0 Å². The largest absolute Gasteiger partial charge is 0.460 e. The van der Waals surface area contributed by atoms with Crippen molar-refractivity contribution in [3.05, 3.63) is 29.8 Å². The highest BCUT2D eigenvalue weighted by Gasteiger charge is 2.69. The molecule has 0 spiro atoms. The Morgan fingerprint density at radius 2 is 1.84 bits per heavy atom. The molecule has 0 amide bonds. The topological polar surface area (TPSA) is 124 Å². The van der Waals surface area contributed by atoms with Crippen molar-refractivity contribution < 1.29 is 36.8 Å². The van der Waals surface area contributed by atoms with Crippen LogP contribution in [0.15, 0.2) is 29.2 Å². The Hall–Kier alpha value is -2.10. The van der Waals surface area contributed by atoms with Gasteiger partial charge in [0.25, 0.3) is 10.1 Å². The van der Waals surface area contributed by atoms with E-state index in [0.717, 1.165) is 18.3 Å². The van der Waals surface area contributed by atoms with Gasteiger partial charge in [0.2, 0.25) is 0 Å². The Labute approximate surface area is 225 Å². The average Bonchev–Trinajstić information content (AvgIpc) is 3.22. The highest BCUT2D eigenvalue weighted by atomic mass is 32.2. The smallest absolute Gasteiger partial charge is 0.333 e. The molecular formula is C29H40O8S. The number of carbonyl (C=O) groups excluding carboxylic acids is 3. The van der Waals surface area contributed by atoms with E-state index in [4.69, 9.17) is 8.92 Å². The van der Waals surface area contributed by atoms with Gasteiger partial charge in [0.1, 0.15) is 18.2 Å². The maximum atomic E-state index is 13.5. The fourth-order valence-electron chi connectivity index (χ4n) is 7.65. The molecule has 8 nitrogen and oxygen atoms in total. The molecule has 9 heteroatoms. The maximum absolute atomic E-state index is 13.5. The van der Waals surface area contributed by atoms with E-state index in [1.165, 1.54) is 12.1 Å². The summed E-state index contributed by atoms with van der Waals surface area (Å²) < 4.78 is 36.4. The molecule has 0 heterocycles. The molecule has 1 unspecified atom stereocenters. The standard InChI is InChI=1S/C29H40O8S/c1-6-27(4)15-23(37-24(32)17-36-38(34,35)20-9-7-18(2)8-10-20)28(5)19(3)11-13-29(21(16-30)26(27)33)14-12-22(31)25(28)29/h7-10,16,19,21,23,25-26,33H,6,11-15,17H2,1-5H3/t19-,21-,23-,25?,26+,27+,28+,29+/m1/s1. The summed E-state index contributed by atoms with van der Waals surface area (Å²) in [4.78, 5) is 39.0. The van der Waals surface area contributed by atoms with Crippen LogP contribution in [0.25, 0.3) is 0 Å². The van der Waals surface area contributed by atoms with Crippen LogP contribution in [0.1, 0.15) is 71.8 Å². The van der Waals surface area contributed by atoms with Crippen LogP contribution in [0.2, 0.25) is 0 Å². The van der Waals surface area contributed by atoms with E-state index in [1.807, 2.05) is 34.6 Å². The number of benzene rings is 1. The number of rotatable bonds is 7. The maximum Gasteiger partial charge on any atom is 0.333 e. The first-order chi connectivity index (χ1) is 17.7. The summed E-state index contributed by atoms with van der Waals surface area (Å²) in [5, 5.41) is 11.6. The molecule has 3 aliphatic rings. The molecule has 0 aliphatic heterocycles. The van der Waals surface area contributed by atoms with Gasteiger partial charge in [-0.1, -0.05) is 45.4 Å². The summed E-state index contributed by atoms with van der Waals surface area (Å²) in [6.45, 7) is 8.87. The third-order valence-corrected chi connectivity index (χ3v) is 11.7. The van der Waals surface area contributed by atoms with Crippen LogP contribution in [0.4, 0.5) is 0 Å². The van der Waals surface area contributed by atoms with E-state index < -0.39 is 63.0 Å². The fourth-order valence-corrected chi connectivity index (χ4v) is 8.50. The van der Waals surface area contributed by atoms with Crippen LogP contribution in [-0.4, -0.2) is 50.4 Å². The molecule has 3 saturated carbocycles. The number of hydrogen-bond acceptors (Lipinski definition) is 8. The van der Waals surface area contributed by atoms with Gasteiger partial charge in [-0.05, 0) is 67.9 Å². The number of ether oxygens (including phenoxy) is 1. The number of carbonyl (C=O) groups is 3. The monoisotopic (exact) mass is 548 g/mol. The summed E-state index contributed by atoms with van der Waals surface area (Å²) in [5.41, 5.74) is -1.34. The number of esters is 1. The lowest BCUT2D eigenvalue weighted by Gasteiger charge is -2.61. The Kier molecular flexibility index (Phi) is 7.71. The van der Waals surface area contributed by atoms with Gasteiger partial charge >= 0.3 is 5.97 Å². The quantitative estimate of drug-likeness (QED) is 0.308. The zero-order valence-corrected chi connectivity index (χ0v) is 23.8. The van der Waals surface area contributed by atoms with E-state index in [1.54, 1.807) is 12.1 Å². The van der Waals surface area contributed by atoms with Crippen molar-refractivity contribution in [2.24, 2.45) is 34.0 Å². The number of aldehydes is 1. The molecular weight excluding hydrogens is 508 g/mol. The second-order valence-electron chi connectivity index (χ2n) is 12.3. The number of aliphatic hydroxyl groups excluding tert-OH is 1. The first-order valence-corrected chi connectivity index (χ1v) is 15.0. The minimum absolute atomic E-state index is 0.00124. The number of hydrogen-bond donors (Lipinski definition) is 1. The Morgan fingerprint density at radius 3 is 2.45 bits per heavy atom. The third kappa shape index (κ3) is 4.54. The molecule has 3 fully saturated rings. The lowest BCUT2D eigenvalue weighted by molar-refractivity contribution is -0.212. The van der Waals surface area contributed by atoms with Gasteiger partial charge in [-0.3, -0.25) is 8.98 Å². The van der Waals surface area contributed by atoms with Crippen LogP contribution < -0.4 is 0 Å². The lowest BCUT2D eigenvalue weighted by Crippen LogP contribution is -2.64. The van der Waals surface area contributed by atoms with E-state index in [9.17, 15) is 27.9 Å². The molecule has 4 rings (SSSR count). The number of Topliss-reactive ketones (excluding diaryl/α,β-unsaturated/α-hetero) is 1. The number of ketones is 1. The van der Waals surface area contributed by atoms with Crippen molar-refractivity contribution in [3.8, 4) is 0 Å². The Morgan fingerprint density at radius 1 is 1.18 bits per heavy atom. The lowest BCUT2D eigenvalue weighted by atomic mass is 9.43. The Balaban J connectivity index is 1.67. The highest BCUT2D eigenvalue weighted by molar-refractivity contribution is 7.86. The van der Waals surface area contributed by atoms with E-state index in [2.05, 4.69) is 0 Å². The highest BCUT2D eigenvalue weighted by Crippen LogP contribution is 2.67. The summed E-state index contributed by atoms with van der Waals surface area (Å²) in [6.07, 6.45) is 2.08. The summed E-state index contributed by atoms with van der Waals surface area (Å²) in [5.74, 6) is -2.03. The molecule has 0 radical (unpaired) electrons. The molecule has 38 heavy (non-hydrogen) atoms. The molecule has 8 atom stereocenters. The van der Waals surface area contributed by atoms with Gasteiger partial charge in [-0.2, -0.15) is 8.42 Å². The molecule has 0 aromatic heterocycles. The van der Waals surface area contributed by atoms with Crippen molar-refractivity contribution in [3.63, 3.8) is 0 Å². The van der Waals surface area contributed by atoms with Crippen LogP contribution in [0, 0.1) is 40.9 Å². The predicted molar refractivity (Wildman–Crippen MR) is 139 cm³/mol. The van der Waals surface area contributed by atoms with Gasteiger partial charge in [-0.15, -0.1) is 0 Å². The zero-order chi connectivity index (χ0) is 28.1. The average molecular weight is 549 g/mol. The first-order valence-electron chi connectivity index (χ1n) is 13.6. The third-order valence-electron chi connectivity index (χ3n) is 10.4. The minimum atomic E-state index is -4.17. The molecule has 1 aromatic rings. The van der Waals surface area contributed by atoms with Gasteiger partial charge in [-0.25, -0.2) is 4.79 Å². The molecule has 1 N–H and O–H groups in total. The summed E-state index contributed by atoms with van der Waals surface area (Å²) >= 11 is 0. The Bertz CT molecular complexity index is 1190. The van der Waals surface area contributed by atoms with Crippen molar-refractivity contribution >= 4 is 28.2 Å². The molecule has 210 valence electrons. The first kappa shape index (κ1) is 28.9. The van der Waals surface area contributed by atoms with Crippen molar-refractivity contribution in [2.75, 3.05) is 6.61 Å². The van der Waals surface area contributed by atoms with Gasteiger partial charge in [0, 0.05) is 23.7 Å². The second kappa shape index (κ2) is 10.1. The second-order valence-corrected chi connectivity index (χ2v) is 13.9. The number of aliphatic hydroxyl groups is 1. The summed E-state index contributed by atoms with van der Waals surface area (Å²) in [6, 6.07) is 6.11. The molecule has 2 bridgehead atoms. The zero-order valence-electron chi connectivity index (χ0n) is 22.9. The van der Waals surface area contributed by atoms with E-state index in [-0.39, 0.29) is 23.0 Å². The van der Waals surface area contributed by atoms with Crippen LogP contribution in [-0.2, 0) is 33.4 Å². The van der Waals surface area contributed by atoms with Crippen molar-refractivity contribution in [1.29, 1.82) is 0 Å². The summed E-state index contributed by atoms with van der Waals surface area (Å²) in [7, 11) is -4.17. The van der Waals surface area contributed by atoms with Gasteiger partial charge in [0.05, 0.1) is 11.0 Å². The minimum Gasteiger partial charge on any atom is -0.460 e. The normalized spacial score (nSPS) is 39.1. The fraction of sp³-hybridized carbons (Fsp3) is 0.690. The predicted octanol–water partition coefficient (Wildman–Crippen LogP) is 4.01. The van der Waals surface area contributed by atoms with Gasteiger partial charge < -0.3 is 14.6 Å². The molecule has 3 aliphatic carbocycles. The molecule has 1 aromatic carbocycles.